The van der Waals surface area contributed by atoms with Gasteiger partial charge in [0.15, 0.2) is 11.5 Å². The fourth-order valence-electron chi connectivity index (χ4n) is 2.36. The second-order valence-electron chi connectivity index (χ2n) is 6.55. The van der Waals surface area contributed by atoms with Crippen molar-refractivity contribution in [3.63, 3.8) is 0 Å². The fraction of sp³-hybridized carbons (Fsp3) is 0.438. The van der Waals surface area contributed by atoms with Gasteiger partial charge >= 0.3 is 7.12 Å². The molecule has 3 rings (SSSR count). The van der Waals surface area contributed by atoms with Crippen LogP contribution in [0.1, 0.15) is 45.2 Å². The molecule has 1 aromatic heterocycles. The van der Waals surface area contributed by atoms with Crippen molar-refractivity contribution in [1.29, 1.82) is 0 Å². The Labute approximate surface area is 124 Å². The Morgan fingerprint density at radius 3 is 2.24 bits per heavy atom. The minimum Gasteiger partial charge on any atom is -0.453 e. The van der Waals surface area contributed by atoms with Gasteiger partial charge in [0, 0.05) is 12.3 Å². The first-order valence-corrected chi connectivity index (χ1v) is 7.10. The SMILES string of the molecule is CC(=O)c1cc2cc(B3OC(C)(C)C(C)(C)O3)ccc2o1. The van der Waals surface area contributed by atoms with Gasteiger partial charge in [-0.1, -0.05) is 12.1 Å². The number of benzene rings is 1. The van der Waals surface area contributed by atoms with Gasteiger partial charge in [0.05, 0.1) is 11.2 Å². The van der Waals surface area contributed by atoms with Crippen LogP contribution < -0.4 is 5.46 Å². The third-order valence-electron chi connectivity index (χ3n) is 4.41. The molecule has 2 heterocycles. The van der Waals surface area contributed by atoms with E-state index in [9.17, 15) is 4.79 Å². The van der Waals surface area contributed by atoms with E-state index in [0.29, 0.717) is 11.3 Å². The maximum atomic E-state index is 11.4. The number of hydrogen-bond donors (Lipinski definition) is 0. The Morgan fingerprint density at radius 1 is 1.05 bits per heavy atom. The Bertz CT molecular complexity index is 698. The Kier molecular flexibility index (Phi) is 3.04. The molecule has 0 saturated carbocycles. The van der Waals surface area contributed by atoms with Crippen LogP contribution >= 0.6 is 0 Å². The zero-order chi connectivity index (χ0) is 15.4. The van der Waals surface area contributed by atoms with Gasteiger partial charge in [-0.2, -0.15) is 0 Å². The van der Waals surface area contributed by atoms with Gasteiger partial charge in [0.2, 0.25) is 0 Å². The number of Topliss-reactive ketones (excluding diaryl/α,β-unsaturated/α-hetero) is 1. The van der Waals surface area contributed by atoms with Gasteiger partial charge in [-0.25, -0.2) is 0 Å². The summed E-state index contributed by atoms with van der Waals surface area (Å²) < 4.78 is 17.6. The first-order chi connectivity index (χ1) is 9.69. The second-order valence-corrected chi connectivity index (χ2v) is 6.55. The molecule has 1 fully saturated rings. The molecule has 21 heavy (non-hydrogen) atoms. The van der Waals surface area contributed by atoms with Crippen LogP contribution in [0.4, 0.5) is 0 Å². The first-order valence-electron chi connectivity index (χ1n) is 7.10. The van der Waals surface area contributed by atoms with Gasteiger partial charge in [0.25, 0.3) is 0 Å². The van der Waals surface area contributed by atoms with Crippen molar-refractivity contribution in [1.82, 2.24) is 0 Å². The highest BCUT2D eigenvalue weighted by molar-refractivity contribution is 6.62. The van der Waals surface area contributed by atoms with Crippen LogP contribution in [0.25, 0.3) is 11.0 Å². The molecule has 0 spiro atoms. The third-order valence-corrected chi connectivity index (χ3v) is 4.41. The summed E-state index contributed by atoms with van der Waals surface area (Å²) in [6.45, 7) is 9.59. The predicted molar refractivity (Wildman–Crippen MR) is 81.9 cm³/mol. The standard InChI is InChI=1S/C16H19BO4/c1-10(18)14-9-11-8-12(6-7-13(11)19-14)17-20-15(2,3)16(4,5)21-17/h6-9H,1-5H3. The Balaban J connectivity index is 1.97. The third kappa shape index (κ3) is 2.30. The van der Waals surface area contributed by atoms with Crippen molar-refractivity contribution < 1.29 is 18.5 Å². The molecular formula is C16H19BO4. The quantitative estimate of drug-likeness (QED) is 0.629. The molecule has 1 saturated heterocycles. The molecule has 1 aliphatic heterocycles. The molecule has 110 valence electrons. The minimum absolute atomic E-state index is 0.0802. The molecule has 1 aliphatic rings. The van der Waals surface area contributed by atoms with E-state index in [4.69, 9.17) is 13.7 Å². The van der Waals surface area contributed by atoms with Crippen LogP contribution in [0.3, 0.4) is 0 Å². The number of carbonyl (C=O) groups excluding carboxylic acids is 1. The van der Waals surface area contributed by atoms with Crippen LogP contribution in [-0.4, -0.2) is 24.1 Å². The molecule has 2 aromatic rings. The predicted octanol–water partition coefficient (Wildman–Crippen LogP) is 2.93. The summed E-state index contributed by atoms with van der Waals surface area (Å²) >= 11 is 0. The molecule has 4 nitrogen and oxygen atoms in total. The van der Waals surface area contributed by atoms with Crippen molar-refractivity contribution in [2.24, 2.45) is 0 Å². The fourth-order valence-corrected chi connectivity index (χ4v) is 2.36. The molecule has 0 aliphatic carbocycles. The van der Waals surface area contributed by atoms with E-state index < -0.39 is 7.12 Å². The van der Waals surface area contributed by atoms with Crippen LogP contribution in [0, 0.1) is 0 Å². The maximum Gasteiger partial charge on any atom is 0.494 e. The molecule has 1 aromatic carbocycles. The molecule has 0 bridgehead atoms. The lowest BCUT2D eigenvalue weighted by Gasteiger charge is -2.32. The zero-order valence-electron chi connectivity index (χ0n) is 13.0. The van der Waals surface area contributed by atoms with Crippen molar-refractivity contribution in [3.05, 3.63) is 30.0 Å². The van der Waals surface area contributed by atoms with Crippen molar-refractivity contribution in [2.75, 3.05) is 0 Å². The molecule has 0 unspecified atom stereocenters. The van der Waals surface area contributed by atoms with Gasteiger partial charge in [-0.3, -0.25) is 4.79 Å². The van der Waals surface area contributed by atoms with Crippen LogP contribution in [0.15, 0.2) is 28.7 Å². The highest BCUT2D eigenvalue weighted by atomic mass is 16.7. The summed E-state index contributed by atoms with van der Waals surface area (Å²) in [5, 5.41) is 0.882. The van der Waals surface area contributed by atoms with Crippen LogP contribution in [-0.2, 0) is 9.31 Å². The monoisotopic (exact) mass is 286 g/mol. The van der Waals surface area contributed by atoms with E-state index in [2.05, 4.69) is 0 Å². The summed E-state index contributed by atoms with van der Waals surface area (Å²) in [6, 6.07) is 7.47. The molecule has 0 radical (unpaired) electrons. The van der Waals surface area contributed by atoms with Gasteiger partial charge < -0.3 is 13.7 Å². The Morgan fingerprint density at radius 2 is 1.67 bits per heavy atom. The van der Waals surface area contributed by atoms with Crippen molar-refractivity contribution >= 4 is 29.3 Å². The van der Waals surface area contributed by atoms with Gasteiger partial charge in [0.1, 0.15) is 5.58 Å². The van der Waals surface area contributed by atoms with Gasteiger partial charge in [-0.15, -0.1) is 0 Å². The summed E-state index contributed by atoms with van der Waals surface area (Å²) in [5.74, 6) is 0.291. The molecule has 0 amide bonds. The Hall–Kier alpha value is -1.59. The lowest BCUT2D eigenvalue weighted by atomic mass is 9.79. The highest BCUT2D eigenvalue weighted by Gasteiger charge is 2.51. The molecular weight excluding hydrogens is 267 g/mol. The van der Waals surface area contributed by atoms with Crippen molar-refractivity contribution in [2.45, 2.75) is 45.8 Å². The number of rotatable bonds is 2. The summed E-state index contributed by atoms with van der Waals surface area (Å²) in [4.78, 5) is 11.4. The topological polar surface area (TPSA) is 48.7 Å². The number of hydrogen-bond acceptors (Lipinski definition) is 4. The van der Waals surface area contributed by atoms with E-state index in [0.717, 1.165) is 10.8 Å². The summed E-state index contributed by atoms with van der Waals surface area (Å²) in [6.07, 6.45) is 0. The molecule has 0 atom stereocenters. The average molecular weight is 286 g/mol. The maximum absolute atomic E-state index is 11.4. The average Bonchev–Trinajstić information content (AvgIpc) is 2.88. The van der Waals surface area contributed by atoms with Crippen LogP contribution in [0.2, 0.25) is 0 Å². The largest absolute Gasteiger partial charge is 0.494 e. The lowest BCUT2D eigenvalue weighted by Crippen LogP contribution is -2.41. The number of ketones is 1. The minimum atomic E-state index is -0.407. The van der Waals surface area contributed by atoms with E-state index in [1.807, 2.05) is 45.9 Å². The van der Waals surface area contributed by atoms with Gasteiger partial charge in [-0.05, 0) is 45.3 Å². The number of fused-ring (bicyclic) bond motifs is 1. The smallest absolute Gasteiger partial charge is 0.453 e. The lowest BCUT2D eigenvalue weighted by molar-refractivity contribution is 0.00578. The normalized spacial score (nSPS) is 20.1. The number of furan rings is 1. The second kappa shape index (κ2) is 4.45. The van der Waals surface area contributed by atoms with E-state index in [1.54, 1.807) is 6.07 Å². The number of carbonyl (C=O) groups is 1. The first kappa shape index (κ1) is 14.4. The highest BCUT2D eigenvalue weighted by Crippen LogP contribution is 2.36. The van der Waals surface area contributed by atoms with E-state index in [1.165, 1.54) is 6.92 Å². The summed E-state index contributed by atoms with van der Waals surface area (Å²) in [7, 11) is -0.407. The van der Waals surface area contributed by atoms with Crippen molar-refractivity contribution in [3.8, 4) is 0 Å². The zero-order valence-corrected chi connectivity index (χ0v) is 13.0. The van der Waals surface area contributed by atoms with Crippen LogP contribution in [0.5, 0.6) is 0 Å². The molecule has 5 heteroatoms. The molecule has 0 N–H and O–H groups in total. The van der Waals surface area contributed by atoms with E-state index in [-0.39, 0.29) is 17.0 Å². The summed E-state index contributed by atoms with van der Waals surface area (Å²) in [5.41, 5.74) is 0.888. The van der Waals surface area contributed by atoms with E-state index >= 15 is 0 Å².